The predicted molar refractivity (Wildman–Crippen MR) is 127 cm³/mol. The first kappa shape index (κ1) is 23.9. The summed E-state index contributed by atoms with van der Waals surface area (Å²) in [7, 11) is -3.72. The van der Waals surface area contributed by atoms with Crippen molar-refractivity contribution in [2.24, 2.45) is 5.73 Å². The van der Waals surface area contributed by atoms with Crippen molar-refractivity contribution in [2.75, 3.05) is 42.9 Å². The van der Waals surface area contributed by atoms with Gasteiger partial charge in [0.15, 0.2) is 0 Å². The van der Waals surface area contributed by atoms with Crippen LogP contribution in [0.4, 0.5) is 11.4 Å². The molecule has 3 N–H and O–H groups in total. The molecule has 0 spiro atoms. The average Bonchev–Trinajstić information content (AvgIpc) is 2.93. The molecular formula is C23H27N5O5S. The number of sulfonamides is 1. The molecule has 3 amide bonds. The number of nitrogens with zero attached hydrogens (tertiary/aromatic N) is 3. The molecule has 2 aromatic rings. The lowest BCUT2D eigenvalue weighted by Gasteiger charge is -2.35. The molecular weight excluding hydrogens is 458 g/mol. The number of hydrogen-bond donors (Lipinski definition) is 2. The van der Waals surface area contributed by atoms with Crippen LogP contribution in [0.2, 0.25) is 0 Å². The molecule has 2 aliphatic rings. The van der Waals surface area contributed by atoms with E-state index in [1.165, 1.54) is 28.6 Å². The molecule has 4 rings (SSSR count). The van der Waals surface area contributed by atoms with Gasteiger partial charge < -0.3 is 16.0 Å². The number of piperazine rings is 1. The number of anilines is 2. The molecule has 0 saturated carbocycles. The van der Waals surface area contributed by atoms with E-state index in [1.54, 1.807) is 17.0 Å². The van der Waals surface area contributed by atoms with Crippen molar-refractivity contribution in [3.63, 3.8) is 0 Å². The SMILES string of the molecule is CC1CC(=O)Nc2ccccc2N1C(=O)CN1CCN(S(=O)(=O)c2ccc(C(N)=O)cc2)CC1. The number of nitrogens with one attached hydrogen (secondary N) is 1. The summed E-state index contributed by atoms with van der Waals surface area (Å²) in [5.41, 5.74) is 6.72. The molecule has 180 valence electrons. The van der Waals surface area contributed by atoms with Gasteiger partial charge in [0.25, 0.3) is 0 Å². The normalized spacial score (nSPS) is 19.7. The molecule has 2 heterocycles. The van der Waals surface area contributed by atoms with Crippen LogP contribution >= 0.6 is 0 Å². The lowest BCUT2D eigenvalue weighted by Crippen LogP contribution is -2.52. The highest BCUT2D eigenvalue weighted by Gasteiger charge is 2.33. The number of para-hydroxylation sites is 2. The van der Waals surface area contributed by atoms with Crippen molar-refractivity contribution in [3.05, 3.63) is 54.1 Å². The highest BCUT2D eigenvalue weighted by Crippen LogP contribution is 2.31. The zero-order valence-electron chi connectivity index (χ0n) is 18.8. The Morgan fingerprint density at radius 3 is 2.32 bits per heavy atom. The third kappa shape index (κ3) is 4.81. The number of nitrogens with two attached hydrogens (primary N) is 1. The second-order valence-corrected chi connectivity index (χ2v) is 10.4. The zero-order chi connectivity index (χ0) is 24.5. The Morgan fingerprint density at radius 1 is 1.03 bits per heavy atom. The second-order valence-electron chi connectivity index (χ2n) is 8.45. The van der Waals surface area contributed by atoms with Crippen LogP contribution in [0.5, 0.6) is 0 Å². The van der Waals surface area contributed by atoms with Gasteiger partial charge in [-0.25, -0.2) is 8.42 Å². The summed E-state index contributed by atoms with van der Waals surface area (Å²) in [5, 5.41) is 2.84. The lowest BCUT2D eigenvalue weighted by atomic mass is 10.1. The molecule has 2 aromatic carbocycles. The maximum Gasteiger partial charge on any atom is 0.248 e. The van der Waals surface area contributed by atoms with Gasteiger partial charge in [-0.1, -0.05) is 12.1 Å². The fourth-order valence-corrected chi connectivity index (χ4v) is 5.73. The Hall–Kier alpha value is -3.28. The number of primary amides is 1. The first-order chi connectivity index (χ1) is 16.2. The van der Waals surface area contributed by atoms with Gasteiger partial charge >= 0.3 is 0 Å². The number of fused-ring (bicyclic) bond motifs is 1. The molecule has 1 fully saturated rings. The van der Waals surface area contributed by atoms with E-state index >= 15 is 0 Å². The van der Waals surface area contributed by atoms with Gasteiger partial charge in [-0.3, -0.25) is 19.3 Å². The lowest BCUT2D eigenvalue weighted by molar-refractivity contribution is -0.120. The maximum atomic E-state index is 13.3. The largest absolute Gasteiger partial charge is 0.366 e. The highest BCUT2D eigenvalue weighted by atomic mass is 32.2. The van der Waals surface area contributed by atoms with Gasteiger partial charge in [-0.05, 0) is 43.3 Å². The standard InChI is InChI=1S/C23H27N5O5S/c1-16-14-21(29)25-19-4-2-3-5-20(19)28(16)22(30)15-26-10-12-27(13-11-26)34(32,33)18-8-6-17(7-9-18)23(24)31/h2-9,16H,10-15H2,1H3,(H2,24,31)(H,25,29). The van der Waals surface area contributed by atoms with Crippen LogP contribution in [0.15, 0.2) is 53.4 Å². The third-order valence-corrected chi connectivity index (χ3v) is 8.01. The van der Waals surface area contributed by atoms with Crippen LogP contribution in [-0.4, -0.2) is 74.1 Å². The summed E-state index contributed by atoms with van der Waals surface area (Å²) in [6.45, 7) is 3.22. The number of benzene rings is 2. The van der Waals surface area contributed by atoms with E-state index in [0.29, 0.717) is 24.5 Å². The van der Waals surface area contributed by atoms with Gasteiger partial charge in [-0.15, -0.1) is 0 Å². The monoisotopic (exact) mass is 485 g/mol. The third-order valence-electron chi connectivity index (χ3n) is 6.09. The van der Waals surface area contributed by atoms with E-state index in [4.69, 9.17) is 5.73 Å². The fourth-order valence-electron chi connectivity index (χ4n) is 4.30. The molecule has 2 aliphatic heterocycles. The van der Waals surface area contributed by atoms with E-state index in [0.717, 1.165) is 0 Å². The van der Waals surface area contributed by atoms with Crippen LogP contribution in [0.3, 0.4) is 0 Å². The van der Waals surface area contributed by atoms with E-state index in [9.17, 15) is 22.8 Å². The van der Waals surface area contributed by atoms with Gasteiger partial charge in [0.2, 0.25) is 27.7 Å². The number of hydrogen-bond acceptors (Lipinski definition) is 6. The Morgan fingerprint density at radius 2 is 1.68 bits per heavy atom. The van der Waals surface area contributed by atoms with Crippen LogP contribution < -0.4 is 16.0 Å². The summed E-state index contributed by atoms with van der Waals surface area (Å²) in [5.74, 6) is -0.906. The van der Waals surface area contributed by atoms with Gasteiger partial charge in [0.1, 0.15) is 0 Å². The van der Waals surface area contributed by atoms with Crippen molar-refractivity contribution in [2.45, 2.75) is 24.3 Å². The minimum Gasteiger partial charge on any atom is -0.366 e. The van der Waals surface area contributed by atoms with Crippen LogP contribution in [0, 0.1) is 0 Å². The van der Waals surface area contributed by atoms with E-state index < -0.39 is 15.9 Å². The smallest absolute Gasteiger partial charge is 0.248 e. The number of carbonyl (C=O) groups is 3. The molecule has 0 radical (unpaired) electrons. The molecule has 10 nitrogen and oxygen atoms in total. The van der Waals surface area contributed by atoms with Crippen molar-refractivity contribution in [1.82, 2.24) is 9.21 Å². The molecule has 1 saturated heterocycles. The predicted octanol–water partition coefficient (Wildman–Crippen LogP) is 0.856. The van der Waals surface area contributed by atoms with Gasteiger partial charge in [-0.2, -0.15) is 4.31 Å². The average molecular weight is 486 g/mol. The summed E-state index contributed by atoms with van der Waals surface area (Å²) >= 11 is 0. The molecule has 0 aromatic heterocycles. The Kier molecular flexibility index (Phi) is 6.69. The van der Waals surface area contributed by atoms with Crippen molar-refractivity contribution in [1.29, 1.82) is 0 Å². The first-order valence-electron chi connectivity index (χ1n) is 11.0. The molecule has 0 aliphatic carbocycles. The quantitative estimate of drug-likeness (QED) is 0.645. The second kappa shape index (κ2) is 9.53. The number of carbonyl (C=O) groups excluding carboxylic acids is 3. The van der Waals surface area contributed by atoms with E-state index in [1.807, 2.05) is 24.0 Å². The Bertz CT molecular complexity index is 1210. The van der Waals surface area contributed by atoms with Gasteiger partial charge in [0, 0.05) is 44.2 Å². The molecule has 1 unspecified atom stereocenters. The van der Waals surface area contributed by atoms with Crippen LogP contribution in [0.25, 0.3) is 0 Å². The molecule has 0 bridgehead atoms. The van der Waals surface area contributed by atoms with Crippen LogP contribution in [0.1, 0.15) is 23.7 Å². The summed E-state index contributed by atoms with van der Waals surface area (Å²) in [6.07, 6.45) is 0.195. The number of rotatable bonds is 5. The Balaban J connectivity index is 1.41. The van der Waals surface area contributed by atoms with Crippen molar-refractivity contribution < 1.29 is 22.8 Å². The molecule has 34 heavy (non-hydrogen) atoms. The maximum absolute atomic E-state index is 13.3. The Labute approximate surface area is 198 Å². The number of amides is 3. The van der Waals surface area contributed by atoms with Gasteiger partial charge in [0.05, 0.1) is 22.8 Å². The van der Waals surface area contributed by atoms with Crippen molar-refractivity contribution in [3.8, 4) is 0 Å². The topological polar surface area (TPSA) is 133 Å². The fraction of sp³-hybridized carbons (Fsp3) is 0.348. The van der Waals surface area contributed by atoms with Crippen LogP contribution in [-0.2, 0) is 19.6 Å². The first-order valence-corrected chi connectivity index (χ1v) is 12.4. The minimum atomic E-state index is -3.72. The summed E-state index contributed by atoms with van der Waals surface area (Å²) < 4.78 is 27.3. The highest BCUT2D eigenvalue weighted by molar-refractivity contribution is 7.89. The summed E-state index contributed by atoms with van der Waals surface area (Å²) in [6, 6.07) is 12.4. The van der Waals surface area contributed by atoms with Crippen molar-refractivity contribution >= 4 is 39.1 Å². The molecule has 1 atom stereocenters. The zero-order valence-corrected chi connectivity index (χ0v) is 19.6. The summed E-state index contributed by atoms with van der Waals surface area (Å²) in [4.78, 5) is 40.3. The van der Waals surface area contributed by atoms with E-state index in [-0.39, 0.29) is 54.4 Å². The molecule has 11 heteroatoms. The minimum absolute atomic E-state index is 0.0918. The van der Waals surface area contributed by atoms with E-state index in [2.05, 4.69) is 5.32 Å².